The van der Waals surface area contributed by atoms with Gasteiger partial charge < -0.3 is 19.6 Å². The standard InChI is InChI=1S/C23H36N6O4/c1-15(2)22(32)28-9-7-23(8-10-28)11-18(21-24-16(3)26-33-21)29(14-23)13-20(31)27(4)12-19(30)25-17-5-6-17/h15,17-18H,5-14H2,1-4H3,(H,25,30). The van der Waals surface area contributed by atoms with E-state index in [1.54, 1.807) is 14.0 Å². The van der Waals surface area contributed by atoms with E-state index in [0.717, 1.165) is 51.7 Å². The van der Waals surface area contributed by atoms with Gasteiger partial charge in [0.05, 0.1) is 19.1 Å². The number of likely N-dealkylation sites (N-methyl/N-ethyl adjacent to an activating group) is 1. The smallest absolute Gasteiger partial charge is 0.244 e. The van der Waals surface area contributed by atoms with Crippen molar-refractivity contribution in [3.05, 3.63) is 11.7 Å². The van der Waals surface area contributed by atoms with E-state index in [-0.39, 0.29) is 54.2 Å². The number of amides is 3. The van der Waals surface area contributed by atoms with Gasteiger partial charge >= 0.3 is 0 Å². The Morgan fingerprint density at radius 2 is 1.94 bits per heavy atom. The largest absolute Gasteiger partial charge is 0.352 e. The number of carbonyl (C=O) groups is 3. The van der Waals surface area contributed by atoms with Crippen LogP contribution in [0, 0.1) is 18.3 Å². The maximum atomic E-state index is 13.0. The van der Waals surface area contributed by atoms with Gasteiger partial charge in [-0.05, 0) is 44.4 Å². The van der Waals surface area contributed by atoms with E-state index in [9.17, 15) is 14.4 Å². The fourth-order valence-corrected chi connectivity index (χ4v) is 5.03. The number of likely N-dealkylation sites (tertiary alicyclic amines) is 2. The minimum absolute atomic E-state index is 0.00137. The molecular weight excluding hydrogens is 424 g/mol. The van der Waals surface area contributed by atoms with Crippen LogP contribution in [0.4, 0.5) is 0 Å². The Balaban J connectivity index is 1.42. The molecule has 3 amide bonds. The van der Waals surface area contributed by atoms with Gasteiger partial charge in [0.25, 0.3) is 0 Å². The molecule has 1 atom stereocenters. The lowest BCUT2D eigenvalue weighted by atomic mass is 9.76. The van der Waals surface area contributed by atoms with Crippen LogP contribution in [0.5, 0.6) is 0 Å². The second-order valence-electron chi connectivity index (χ2n) is 10.4. The maximum Gasteiger partial charge on any atom is 0.244 e. The van der Waals surface area contributed by atoms with E-state index in [0.29, 0.717) is 11.7 Å². The van der Waals surface area contributed by atoms with Gasteiger partial charge in [0.15, 0.2) is 5.82 Å². The summed E-state index contributed by atoms with van der Waals surface area (Å²) >= 11 is 0. The first-order valence-electron chi connectivity index (χ1n) is 12.0. The van der Waals surface area contributed by atoms with Crippen LogP contribution in [0.1, 0.15) is 63.7 Å². The van der Waals surface area contributed by atoms with E-state index in [1.807, 2.05) is 18.7 Å². The van der Waals surface area contributed by atoms with Gasteiger partial charge in [-0.15, -0.1) is 0 Å². The first-order chi connectivity index (χ1) is 15.7. The second-order valence-corrected chi connectivity index (χ2v) is 10.4. The number of aryl methyl sites for hydroxylation is 1. The number of aromatic nitrogens is 2. The fraction of sp³-hybridized carbons (Fsp3) is 0.783. The number of hydrogen-bond acceptors (Lipinski definition) is 7. The molecule has 1 saturated carbocycles. The van der Waals surface area contributed by atoms with Crippen molar-refractivity contribution in [2.75, 3.05) is 39.8 Å². The molecule has 182 valence electrons. The molecule has 0 aromatic carbocycles. The van der Waals surface area contributed by atoms with E-state index >= 15 is 0 Å². The van der Waals surface area contributed by atoms with Gasteiger partial charge in [-0.1, -0.05) is 19.0 Å². The van der Waals surface area contributed by atoms with Gasteiger partial charge in [-0.3, -0.25) is 19.3 Å². The van der Waals surface area contributed by atoms with Crippen LogP contribution >= 0.6 is 0 Å². The van der Waals surface area contributed by atoms with E-state index < -0.39 is 0 Å². The topological polar surface area (TPSA) is 112 Å². The van der Waals surface area contributed by atoms with E-state index in [1.165, 1.54) is 4.90 Å². The zero-order valence-electron chi connectivity index (χ0n) is 20.2. The summed E-state index contributed by atoms with van der Waals surface area (Å²) in [6, 6.07) is 0.134. The highest BCUT2D eigenvalue weighted by Crippen LogP contribution is 2.48. The number of nitrogens with zero attached hydrogens (tertiary/aromatic N) is 5. The van der Waals surface area contributed by atoms with Crippen LogP contribution in [0.3, 0.4) is 0 Å². The molecule has 1 unspecified atom stereocenters. The lowest BCUT2D eigenvalue weighted by Gasteiger charge is -2.40. The molecule has 10 nitrogen and oxygen atoms in total. The summed E-state index contributed by atoms with van der Waals surface area (Å²) in [5.74, 6) is 1.09. The summed E-state index contributed by atoms with van der Waals surface area (Å²) in [6.45, 7) is 8.11. The lowest BCUT2D eigenvalue weighted by Crippen LogP contribution is -2.46. The molecule has 0 bridgehead atoms. The minimum Gasteiger partial charge on any atom is -0.352 e. The van der Waals surface area contributed by atoms with Crippen molar-refractivity contribution in [2.24, 2.45) is 11.3 Å². The van der Waals surface area contributed by atoms with Crippen molar-refractivity contribution in [3.8, 4) is 0 Å². The molecule has 3 heterocycles. The van der Waals surface area contributed by atoms with Gasteiger partial charge in [-0.25, -0.2) is 0 Å². The van der Waals surface area contributed by atoms with E-state index in [2.05, 4.69) is 20.4 Å². The Kier molecular flexibility index (Phi) is 6.74. The van der Waals surface area contributed by atoms with Crippen LogP contribution in [0.2, 0.25) is 0 Å². The number of piperidine rings is 1. The van der Waals surface area contributed by atoms with Crippen molar-refractivity contribution in [1.82, 2.24) is 30.2 Å². The Morgan fingerprint density at radius 1 is 1.24 bits per heavy atom. The van der Waals surface area contributed by atoms with Crippen LogP contribution in [0.15, 0.2) is 4.52 Å². The Morgan fingerprint density at radius 3 is 2.52 bits per heavy atom. The number of carbonyl (C=O) groups excluding carboxylic acids is 3. The zero-order chi connectivity index (χ0) is 23.8. The molecule has 2 saturated heterocycles. The molecule has 33 heavy (non-hydrogen) atoms. The third kappa shape index (κ3) is 5.54. The molecule has 3 aliphatic rings. The SMILES string of the molecule is Cc1noc(C2CC3(CCN(C(=O)C(C)C)CC3)CN2CC(=O)N(C)CC(=O)NC2CC2)n1. The third-order valence-electron chi connectivity index (χ3n) is 7.15. The molecule has 0 radical (unpaired) electrons. The molecule has 1 aromatic rings. The predicted octanol–water partition coefficient (Wildman–Crippen LogP) is 1.13. The quantitative estimate of drug-likeness (QED) is 0.649. The van der Waals surface area contributed by atoms with Gasteiger partial charge in [0.2, 0.25) is 23.6 Å². The minimum atomic E-state index is -0.142. The average molecular weight is 461 g/mol. The van der Waals surface area contributed by atoms with Crippen molar-refractivity contribution >= 4 is 17.7 Å². The molecule has 10 heteroatoms. The highest BCUT2D eigenvalue weighted by atomic mass is 16.5. The lowest BCUT2D eigenvalue weighted by molar-refractivity contribution is -0.136. The third-order valence-corrected chi connectivity index (χ3v) is 7.15. The van der Waals surface area contributed by atoms with Crippen LogP contribution in [-0.2, 0) is 14.4 Å². The van der Waals surface area contributed by atoms with Crippen LogP contribution in [-0.4, -0.2) is 88.4 Å². The van der Waals surface area contributed by atoms with Gasteiger partial charge in [0.1, 0.15) is 0 Å². The highest BCUT2D eigenvalue weighted by Gasteiger charge is 2.49. The number of rotatable bonds is 7. The number of nitrogens with one attached hydrogen (secondary N) is 1. The van der Waals surface area contributed by atoms with Crippen molar-refractivity contribution in [2.45, 2.75) is 65.0 Å². The maximum absolute atomic E-state index is 13.0. The Bertz CT molecular complexity index is 887. The molecule has 3 fully saturated rings. The molecule has 1 aliphatic carbocycles. The first kappa shape index (κ1) is 23.7. The summed E-state index contributed by atoms with van der Waals surface area (Å²) in [4.78, 5) is 47.6. The van der Waals surface area contributed by atoms with E-state index in [4.69, 9.17) is 4.52 Å². The first-order valence-corrected chi connectivity index (χ1v) is 12.0. The van der Waals surface area contributed by atoms with Gasteiger partial charge in [-0.2, -0.15) is 4.98 Å². The predicted molar refractivity (Wildman–Crippen MR) is 120 cm³/mol. The molecule has 4 rings (SSSR count). The zero-order valence-corrected chi connectivity index (χ0v) is 20.2. The summed E-state index contributed by atoms with van der Waals surface area (Å²) < 4.78 is 5.50. The summed E-state index contributed by atoms with van der Waals surface area (Å²) in [5.41, 5.74) is 0.00298. The normalized spacial score (nSPS) is 22.7. The van der Waals surface area contributed by atoms with Crippen LogP contribution in [0.25, 0.3) is 0 Å². The average Bonchev–Trinajstić information content (AvgIpc) is 3.36. The summed E-state index contributed by atoms with van der Waals surface area (Å²) in [5, 5.41) is 6.88. The summed E-state index contributed by atoms with van der Waals surface area (Å²) in [7, 11) is 1.67. The van der Waals surface area contributed by atoms with Crippen molar-refractivity contribution in [1.29, 1.82) is 0 Å². The summed E-state index contributed by atoms with van der Waals surface area (Å²) in [6.07, 6.45) is 4.63. The number of hydrogen-bond donors (Lipinski definition) is 1. The highest BCUT2D eigenvalue weighted by molar-refractivity contribution is 5.85. The van der Waals surface area contributed by atoms with Crippen LogP contribution < -0.4 is 5.32 Å². The second kappa shape index (κ2) is 9.40. The molecule has 1 spiro atoms. The van der Waals surface area contributed by atoms with Crippen molar-refractivity contribution in [3.63, 3.8) is 0 Å². The monoisotopic (exact) mass is 460 g/mol. The van der Waals surface area contributed by atoms with Crippen molar-refractivity contribution < 1.29 is 18.9 Å². The Labute approximate surface area is 195 Å². The molecule has 1 N–H and O–H groups in total. The Hall–Kier alpha value is -2.49. The molecular formula is C23H36N6O4. The van der Waals surface area contributed by atoms with Gasteiger partial charge in [0, 0.05) is 38.6 Å². The molecule has 1 aromatic heterocycles. The molecule has 2 aliphatic heterocycles. The fourth-order valence-electron chi connectivity index (χ4n) is 5.03.